The summed E-state index contributed by atoms with van der Waals surface area (Å²) in [6.07, 6.45) is -2.38. The van der Waals surface area contributed by atoms with Crippen LogP contribution in [0.3, 0.4) is 0 Å². The Morgan fingerprint density at radius 2 is 1.90 bits per heavy atom. The minimum atomic E-state index is -4.51. The van der Waals surface area contributed by atoms with Crippen LogP contribution in [-0.2, 0) is 4.79 Å². The maximum atomic E-state index is 12.9. The van der Waals surface area contributed by atoms with Crippen LogP contribution in [0.2, 0.25) is 0 Å². The van der Waals surface area contributed by atoms with E-state index >= 15 is 0 Å². The smallest absolute Gasteiger partial charge is 0.370 e. The van der Waals surface area contributed by atoms with E-state index in [-0.39, 0.29) is 12.8 Å². The van der Waals surface area contributed by atoms with Crippen LogP contribution >= 0.6 is 0 Å². The lowest BCUT2D eigenvalue weighted by molar-refractivity contribution is -0.164. The summed E-state index contributed by atoms with van der Waals surface area (Å²) >= 11 is 0. The molecule has 2 atom stereocenters. The van der Waals surface area contributed by atoms with Crippen LogP contribution in [0.15, 0.2) is 0 Å². The largest absolute Gasteiger partial charge is 0.408 e. The van der Waals surface area contributed by atoms with Gasteiger partial charge in [0, 0.05) is 6.42 Å². The van der Waals surface area contributed by atoms with E-state index in [2.05, 4.69) is 5.32 Å². The molecule has 1 aliphatic rings. The first kappa shape index (κ1) is 17.6. The topological polar surface area (TPSA) is 84.2 Å². The molecule has 21 heavy (non-hydrogen) atoms. The van der Waals surface area contributed by atoms with E-state index in [9.17, 15) is 22.8 Å². The zero-order valence-corrected chi connectivity index (χ0v) is 12.2. The first-order chi connectivity index (χ1) is 9.59. The van der Waals surface area contributed by atoms with Crippen molar-refractivity contribution >= 4 is 11.9 Å². The fourth-order valence-corrected chi connectivity index (χ4v) is 2.48. The van der Waals surface area contributed by atoms with Crippen LogP contribution in [-0.4, -0.2) is 29.7 Å². The van der Waals surface area contributed by atoms with Crippen LogP contribution in [0.4, 0.5) is 18.0 Å². The van der Waals surface area contributed by atoms with Crippen LogP contribution in [0.25, 0.3) is 0 Å². The molecule has 4 N–H and O–H groups in total. The molecular weight excluding hydrogens is 287 g/mol. The SMILES string of the molecule is CC[C@@H](C)[C@H](NC(=O)NC1(CC(N)=O)CCC1)C(F)(F)F. The number of nitrogens with one attached hydrogen (secondary N) is 2. The first-order valence-electron chi connectivity index (χ1n) is 7.03. The highest BCUT2D eigenvalue weighted by atomic mass is 19.4. The fourth-order valence-electron chi connectivity index (χ4n) is 2.48. The molecule has 5 nitrogen and oxygen atoms in total. The summed E-state index contributed by atoms with van der Waals surface area (Å²) in [5.41, 5.74) is 4.32. The van der Waals surface area contributed by atoms with Crippen molar-refractivity contribution in [3.63, 3.8) is 0 Å². The van der Waals surface area contributed by atoms with Crippen molar-refractivity contribution in [1.29, 1.82) is 0 Å². The van der Waals surface area contributed by atoms with Gasteiger partial charge in [0.2, 0.25) is 5.91 Å². The summed E-state index contributed by atoms with van der Waals surface area (Å²) in [7, 11) is 0. The molecule has 8 heteroatoms. The van der Waals surface area contributed by atoms with E-state index in [1.165, 1.54) is 6.92 Å². The summed E-state index contributed by atoms with van der Waals surface area (Å²) in [5, 5.41) is 4.47. The highest BCUT2D eigenvalue weighted by Crippen LogP contribution is 2.35. The summed E-state index contributed by atoms with van der Waals surface area (Å²) in [5.74, 6) is -1.31. The molecule has 0 aromatic carbocycles. The molecule has 1 rings (SSSR count). The monoisotopic (exact) mass is 309 g/mol. The number of urea groups is 1. The van der Waals surface area contributed by atoms with Crippen molar-refractivity contribution in [3.05, 3.63) is 0 Å². The van der Waals surface area contributed by atoms with Crippen molar-refractivity contribution in [2.24, 2.45) is 11.7 Å². The molecule has 1 aliphatic carbocycles. The second-order valence-electron chi connectivity index (χ2n) is 5.78. The van der Waals surface area contributed by atoms with Gasteiger partial charge in [-0.2, -0.15) is 13.2 Å². The lowest BCUT2D eigenvalue weighted by Gasteiger charge is -2.42. The Balaban J connectivity index is 2.67. The lowest BCUT2D eigenvalue weighted by Crippen LogP contribution is -2.61. The Morgan fingerprint density at radius 3 is 2.24 bits per heavy atom. The summed E-state index contributed by atoms with van der Waals surface area (Å²) < 4.78 is 38.8. The van der Waals surface area contributed by atoms with E-state index in [0.717, 1.165) is 6.42 Å². The van der Waals surface area contributed by atoms with E-state index in [4.69, 9.17) is 5.73 Å². The maximum absolute atomic E-state index is 12.9. The highest BCUT2D eigenvalue weighted by molar-refractivity contribution is 5.79. The molecule has 0 heterocycles. The number of halogens is 3. The Morgan fingerprint density at radius 1 is 1.33 bits per heavy atom. The van der Waals surface area contributed by atoms with Gasteiger partial charge in [-0.3, -0.25) is 4.79 Å². The molecule has 0 radical (unpaired) electrons. The number of hydrogen-bond acceptors (Lipinski definition) is 2. The minimum Gasteiger partial charge on any atom is -0.370 e. The molecule has 0 aromatic heterocycles. The normalized spacial score (nSPS) is 20.0. The highest BCUT2D eigenvalue weighted by Gasteiger charge is 2.45. The van der Waals surface area contributed by atoms with Gasteiger partial charge in [0.15, 0.2) is 0 Å². The molecular formula is C13H22F3N3O2. The van der Waals surface area contributed by atoms with E-state index < -0.39 is 35.6 Å². The van der Waals surface area contributed by atoms with Gasteiger partial charge in [-0.25, -0.2) is 4.79 Å². The third kappa shape index (κ3) is 4.78. The summed E-state index contributed by atoms with van der Waals surface area (Å²) in [6, 6.07) is -2.81. The number of hydrogen-bond donors (Lipinski definition) is 3. The number of rotatable bonds is 6. The molecule has 0 aliphatic heterocycles. The Bertz CT molecular complexity index is 395. The van der Waals surface area contributed by atoms with Crippen molar-refractivity contribution in [3.8, 4) is 0 Å². The lowest BCUT2D eigenvalue weighted by atomic mass is 9.74. The fraction of sp³-hybridized carbons (Fsp3) is 0.846. The van der Waals surface area contributed by atoms with Crippen LogP contribution in [0.5, 0.6) is 0 Å². The second kappa shape index (κ2) is 6.53. The number of alkyl halides is 3. The van der Waals surface area contributed by atoms with Gasteiger partial charge in [0.25, 0.3) is 0 Å². The molecule has 3 amide bonds. The molecule has 122 valence electrons. The number of carbonyl (C=O) groups is 2. The Labute approximate surface area is 121 Å². The zero-order chi connectivity index (χ0) is 16.3. The molecule has 1 saturated carbocycles. The molecule has 0 saturated heterocycles. The quantitative estimate of drug-likeness (QED) is 0.701. The van der Waals surface area contributed by atoms with Gasteiger partial charge in [0.1, 0.15) is 6.04 Å². The van der Waals surface area contributed by atoms with E-state index in [1.807, 2.05) is 5.32 Å². The second-order valence-corrected chi connectivity index (χ2v) is 5.78. The van der Waals surface area contributed by atoms with Crippen LogP contribution in [0.1, 0.15) is 46.0 Å². The van der Waals surface area contributed by atoms with Gasteiger partial charge < -0.3 is 16.4 Å². The Kier molecular flexibility index (Phi) is 5.47. The number of nitrogens with two attached hydrogens (primary N) is 1. The average Bonchev–Trinajstić information content (AvgIpc) is 2.30. The number of amides is 3. The third-order valence-electron chi connectivity index (χ3n) is 4.05. The maximum Gasteiger partial charge on any atom is 0.408 e. The van der Waals surface area contributed by atoms with E-state index in [1.54, 1.807) is 6.92 Å². The summed E-state index contributed by atoms with van der Waals surface area (Å²) in [4.78, 5) is 22.8. The van der Waals surface area contributed by atoms with Gasteiger partial charge in [0.05, 0.1) is 5.54 Å². The van der Waals surface area contributed by atoms with Crippen LogP contribution in [0, 0.1) is 5.92 Å². The zero-order valence-electron chi connectivity index (χ0n) is 12.2. The average molecular weight is 309 g/mol. The van der Waals surface area contributed by atoms with E-state index in [0.29, 0.717) is 12.8 Å². The van der Waals surface area contributed by atoms with Crippen molar-refractivity contribution in [1.82, 2.24) is 10.6 Å². The molecule has 0 bridgehead atoms. The predicted octanol–water partition coefficient (Wildman–Crippen LogP) is 2.06. The number of carbonyl (C=O) groups excluding carboxylic acids is 2. The van der Waals surface area contributed by atoms with Gasteiger partial charge in [-0.15, -0.1) is 0 Å². The number of primary amides is 1. The third-order valence-corrected chi connectivity index (χ3v) is 4.05. The Hall–Kier alpha value is -1.47. The van der Waals surface area contributed by atoms with Crippen molar-refractivity contribution in [2.75, 3.05) is 0 Å². The molecule has 0 unspecified atom stereocenters. The van der Waals surface area contributed by atoms with Gasteiger partial charge in [-0.05, 0) is 25.2 Å². The first-order valence-corrected chi connectivity index (χ1v) is 7.03. The van der Waals surface area contributed by atoms with Crippen molar-refractivity contribution in [2.45, 2.75) is 63.7 Å². The molecule has 0 spiro atoms. The molecule has 1 fully saturated rings. The summed E-state index contributed by atoms with van der Waals surface area (Å²) in [6.45, 7) is 3.06. The predicted molar refractivity (Wildman–Crippen MR) is 71.4 cm³/mol. The standard InChI is InChI=1S/C13H22F3N3O2/c1-3-8(2)10(13(14,15)16)18-11(21)19-12(5-4-6-12)7-9(17)20/h8,10H,3-7H2,1-2H3,(H2,17,20)(H2,18,19,21)/t8-,10+/m1/s1. The van der Waals surface area contributed by atoms with Crippen molar-refractivity contribution < 1.29 is 22.8 Å². The minimum absolute atomic E-state index is 0.0551. The molecule has 0 aromatic rings. The van der Waals surface area contributed by atoms with Crippen LogP contribution < -0.4 is 16.4 Å². The van der Waals surface area contributed by atoms with Gasteiger partial charge >= 0.3 is 12.2 Å². The van der Waals surface area contributed by atoms with Gasteiger partial charge in [-0.1, -0.05) is 20.3 Å².